The molecule has 0 aliphatic carbocycles. The van der Waals surface area contributed by atoms with Gasteiger partial charge in [-0.3, -0.25) is 4.21 Å². The molecule has 1 aromatic carbocycles. The second-order valence-corrected chi connectivity index (χ2v) is 6.79. The Hall–Kier alpha value is -0.230. The number of hydrogen-bond donors (Lipinski definition) is 1. The molecule has 3 atom stereocenters. The predicted octanol–water partition coefficient (Wildman–Crippen LogP) is 2.32. The minimum absolute atomic E-state index is 0.0254. The Morgan fingerprint density at radius 3 is 3.00 bits per heavy atom. The Labute approximate surface area is 119 Å². The number of halogens is 1. The molecule has 1 aliphatic heterocycles. The van der Waals surface area contributed by atoms with Crippen molar-refractivity contribution in [3.63, 3.8) is 0 Å². The number of benzene rings is 1. The van der Waals surface area contributed by atoms with E-state index in [2.05, 4.69) is 28.2 Å². The average molecular weight is 332 g/mol. The summed E-state index contributed by atoms with van der Waals surface area (Å²) in [4.78, 5) is 0.857. The van der Waals surface area contributed by atoms with E-state index < -0.39 is 10.8 Å². The van der Waals surface area contributed by atoms with Crippen LogP contribution in [-0.4, -0.2) is 35.3 Å². The van der Waals surface area contributed by atoms with Gasteiger partial charge in [-0.05, 0) is 41.0 Å². The molecule has 5 heteroatoms. The van der Waals surface area contributed by atoms with Crippen LogP contribution in [0.5, 0.6) is 0 Å². The average Bonchev–Trinajstić information content (AvgIpc) is 2.40. The van der Waals surface area contributed by atoms with E-state index in [1.165, 1.54) is 0 Å². The normalized spacial score (nSPS) is 25.9. The number of hydrogen-bond acceptors (Lipinski definition) is 3. The molecule has 1 aromatic rings. The van der Waals surface area contributed by atoms with Crippen molar-refractivity contribution in [3.05, 3.63) is 28.7 Å². The molecule has 0 bridgehead atoms. The molecule has 0 amide bonds. The molecule has 18 heavy (non-hydrogen) atoms. The highest BCUT2D eigenvalue weighted by molar-refractivity contribution is 9.10. The molecule has 3 unspecified atom stereocenters. The Morgan fingerprint density at radius 2 is 2.28 bits per heavy atom. The maximum atomic E-state index is 12.7. The zero-order chi connectivity index (χ0) is 13.0. The van der Waals surface area contributed by atoms with E-state index in [1.807, 2.05) is 24.3 Å². The smallest absolute Gasteiger partial charge is 0.0782 e. The van der Waals surface area contributed by atoms with E-state index in [0.29, 0.717) is 6.61 Å². The summed E-state index contributed by atoms with van der Waals surface area (Å²) in [7, 11) is -1.05. The fourth-order valence-electron chi connectivity index (χ4n) is 2.19. The molecule has 0 radical (unpaired) electrons. The fourth-order valence-corrected chi connectivity index (χ4v) is 4.50. The van der Waals surface area contributed by atoms with E-state index in [9.17, 15) is 4.21 Å². The summed E-state index contributed by atoms with van der Waals surface area (Å²) < 4.78 is 19.1. The van der Waals surface area contributed by atoms with Crippen LogP contribution in [0.2, 0.25) is 0 Å². The third-order valence-electron chi connectivity index (χ3n) is 3.10. The van der Waals surface area contributed by atoms with Crippen LogP contribution in [0.3, 0.4) is 0 Å². The molecule has 1 fully saturated rings. The summed E-state index contributed by atoms with van der Waals surface area (Å²) in [5.41, 5.74) is 0. The van der Waals surface area contributed by atoms with Crippen LogP contribution >= 0.6 is 15.9 Å². The monoisotopic (exact) mass is 331 g/mol. The standard InChI is InChI=1S/C13H18BrNO2S/c1-2-15-11-7-8-17-9-13(11)18(16)12-6-4-3-5-10(12)14/h3-6,11,13,15H,2,7-9H2,1H3. The van der Waals surface area contributed by atoms with Gasteiger partial charge >= 0.3 is 0 Å². The van der Waals surface area contributed by atoms with Crippen molar-refractivity contribution in [1.29, 1.82) is 0 Å². The van der Waals surface area contributed by atoms with Gasteiger partial charge in [-0.15, -0.1) is 0 Å². The highest BCUT2D eigenvalue weighted by Crippen LogP contribution is 2.25. The Bertz CT molecular complexity index is 425. The summed E-state index contributed by atoms with van der Waals surface area (Å²) in [6.07, 6.45) is 0.925. The van der Waals surface area contributed by atoms with Crippen molar-refractivity contribution in [2.45, 2.75) is 29.5 Å². The Morgan fingerprint density at radius 1 is 1.50 bits per heavy atom. The number of ether oxygens (including phenoxy) is 1. The van der Waals surface area contributed by atoms with Gasteiger partial charge in [-0.25, -0.2) is 0 Å². The van der Waals surface area contributed by atoms with Gasteiger partial charge in [-0.1, -0.05) is 19.1 Å². The van der Waals surface area contributed by atoms with Crippen LogP contribution in [0.4, 0.5) is 0 Å². The minimum Gasteiger partial charge on any atom is -0.380 e. The molecule has 1 heterocycles. The lowest BCUT2D eigenvalue weighted by molar-refractivity contribution is 0.0824. The summed E-state index contributed by atoms with van der Waals surface area (Å²) in [5, 5.41) is 3.44. The maximum absolute atomic E-state index is 12.7. The van der Waals surface area contributed by atoms with E-state index >= 15 is 0 Å². The fraction of sp³-hybridized carbons (Fsp3) is 0.538. The van der Waals surface area contributed by atoms with Gasteiger partial charge in [0.2, 0.25) is 0 Å². The molecule has 0 aromatic heterocycles. The molecule has 1 N–H and O–H groups in total. The molecule has 3 nitrogen and oxygen atoms in total. The number of rotatable bonds is 4. The molecule has 100 valence electrons. The lowest BCUT2D eigenvalue weighted by Gasteiger charge is -2.31. The van der Waals surface area contributed by atoms with E-state index in [0.717, 1.165) is 28.9 Å². The second kappa shape index (κ2) is 6.80. The Kier molecular flexibility index (Phi) is 5.36. The van der Waals surface area contributed by atoms with Gasteiger partial charge in [-0.2, -0.15) is 0 Å². The predicted molar refractivity (Wildman–Crippen MR) is 77.2 cm³/mol. The quantitative estimate of drug-likeness (QED) is 0.920. The van der Waals surface area contributed by atoms with Crippen LogP contribution in [0.25, 0.3) is 0 Å². The Balaban J connectivity index is 2.18. The van der Waals surface area contributed by atoms with Crippen LogP contribution in [-0.2, 0) is 15.5 Å². The molecular weight excluding hydrogens is 314 g/mol. The van der Waals surface area contributed by atoms with Gasteiger partial charge in [0.25, 0.3) is 0 Å². The van der Waals surface area contributed by atoms with Crippen molar-refractivity contribution >= 4 is 26.7 Å². The van der Waals surface area contributed by atoms with Crippen LogP contribution in [0, 0.1) is 0 Å². The van der Waals surface area contributed by atoms with E-state index in [1.54, 1.807) is 0 Å². The first-order valence-corrected chi connectivity index (χ1v) is 8.21. The summed E-state index contributed by atoms with van der Waals surface area (Å²) in [5.74, 6) is 0. The highest BCUT2D eigenvalue weighted by atomic mass is 79.9. The highest BCUT2D eigenvalue weighted by Gasteiger charge is 2.31. The molecule has 1 aliphatic rings. The zero-order valence-corrected chi connectivity index (χ0v) is 12.8. The van der Waals surface area contributed by atoms with Crippen molar-refractivity contribution < 1.29 is 8.95 Å². The molecular formula is C13H18BrNO2S. The van der Waals surface area contributed by atoms with Crippen LogP contribution in [0.1, 0.15) is 13.3 Å². The first-order valence-electron chi connectivity index (χ1n) is 6.20. The lowest BCUT2D eigenvalue weighted by atomic mass is 10.1. The lowest BCUT2D eigenvalue weighted by Crippen LogP contribution is -2.48. The van der Waals surface area contributed by atoms with Crippen molar-refractivity contribution in [2.75, 3.05) is 19.8 Å². The van der Waals surface area contributed by atoms with Crippen molar-refractivity contribution in [1.82, 2.24) is 5.32 Å². The van der Waals surface area contributed by atoms with Gasteiger partial charge in [0.05, 0.1) is 27.6 Å². The SMILES string of the molecule is CCNC1CCOCC1S(=O)c1ccccc1Br. The third-order valence-corrected chi connectivity index (χ3v) is 5.86. The third kappa shape index (κ3) is 3.20. The van der Waals surface area contributed by atoms with Crippen LogP contribution < -0.4 is 5.32 Å². The zero-order valence-electron chi connectivity index (χ0n) is 10.4. The molecule has 1 saturated heterocycles. The topological polar surface area (TPSA) is 38.3 Å². The molecule has 0 spiro atoms. The summed E-state index contributed by atoms with van der Waals surface area (Å²) in [6, 6.07) is 7.97. The first-order chi connectivity index (χ1) is 8.74. The first kappa shape index (κ1) is 14.2. The van der Waals surface area contributed by atoms with E-state index in [-0.39, 0.29) is 11.3 Å². The van der Waals surface area contributed by atoms with Crippen molar-refractivity contribution in [2.24, 2.45) is 0 Å². The molecule has 0 saturated carbocycles. The van der Waals surface area contributed by atoms with Gasteiger partial charge in [0, 0.05) is 17.1 Å². The maximum Gasteiger partial charge on any atom is 0.0782 e. The van der Waals surface area contributed by atoms with E-state index in [4.69, 9.17) is 4.74 Å². The van der Waals surface area contributed by atoms with Crippen LogP contribution in [0.15, 0.2) is 33.6 Å². The molecule has 2 rings (SSSR count). The largest absolute Gasteiger partial charge is 0.380 e. The summed E-state index contributed by atoms with van der Waals surface area (Å²) >= 11 is 3.47. The van der Waals surface area contributed by atoms with Crippen molar-refractivity contribution in [3.8, 4) is 0 Å². The van der Waals surface area contributed by atoms with Gasteiger partial charge in [0.15, 0.2) is 0 Å². The van der Waals surface area contributed by atoms with Gasteiger partial charge in [0.1, 0.15) is 0 Å². The minimum atomic E-state index is -1.05. The number of nitrogens with one attached hydrogen (secondary N) is 1. The second-order valence-electron chi connectivity index (χ2n) is 4.29. The van der Waals surface area contributed by atoms with Gasteiger partial charge < -0.3 is 10.1 Å². The summed E-state index contributed by atoms with van der Waals surface area (Å²) in [6.45, 7) is 4.29.